The summed E-state index contributed by atoms with van der Waals surface area (Å²) in [6.45, 7) is 4.99. The van der Waals surface area contributed by atoms with E-state index in [1.54, 1.807) is 48.5 Å². The normalized spacial score (nSPS) is 10.8. The molecule has 0 spiro atoms. The van der Waals surface area contributed by atoms with Crippen LogP contribution >= 0.6 is 0 Å². The largest absolute Gasteiger partial charge is 0.356 e. The van der Waals surface area contributed by atoms with Gasteiger partial charge in [-0.25, -0.2) is 9.36 Å². The number of amides is 2. The van der Waals surface area contributed by atoms with Crippen LogP contribution in [0.2, 0.25) is 0 Å². The van der Waals surface area contributed by atoms with Gasteiger partial charge in [-0.2, -0.15) is 0 Å². The monoisotopic (exact) mass is 450 g/mol. The van der Waals surface area contributed by atoms with Gasteiger partial charge >= 0.3 is 5.69 Å². The van der Waals surface area contributed by atoms with Crippen molar-refractivity contribution in [3.63, 3.8) is 0 Å². The van der Waals surface area contributed by atoms with Crippen LogP contribution in [0.25, 0.3) is 16.6 Å². The summed E-state index contributed by atoms with van der Waals surface area (Å²) in [6, 6.07) is 13.5. The standard InChI is InChI=1S/C25H30N4O4/c1-3-5-15-27-23(31)17-28-21-9-7-6-8-20(21)24(32)29(25(28)33)19-12-10-18(11-13-19)16-22(30)26-14-4-2/h6-13H,3-5,14-17H2,1-2H3,(H,26,30)(H,27,31). The highest BCUT2D eigenvalue weighted by atomic mass is 16.2. The lowest BCUT2D eigenvalue weighted by Gasteiger charge is -2.14. The number of nitrogens with one attached hydrogen (secondary N) is 2. The summed E-state index contributed by atoms with van der Waals surface area (Å²) in [5.74, 6) is -0.363. The van der Waals surface area contributed by atoms with Gasteiger partial charge in [0.25, 0.3) is 5.56 Å². The minimum atomic E-state index is -0.585. The van der Waals surface area contributed by atoms with E-state index in [0.717, 1.165) is 29.4 Å². The van der Waals surface area contributed by atoms with Crippen molar-refractivity contribution in [3.8, 4) is 5.69 Å². The molecule has 0 aliphatic rings. The van der Waals surface area contributed by atoms with Gasteiger partial charge in [0, 0.05) is 13.1 Å². The van der Waals surface area contributed by atoms with Crippen LogP contribution in [0.4, 0.5) is 0 Å². The molecule has 174 valence electrons. The number of nitrogens with zero attached hydrogens (tertiary/aromatic N) is 2. The summed E-state index contributed by atoms with van der Waals surface area (Å²) < 4.78 is 2.40. The lowest BCUT2D eigenvalue weighted by molar-refractivity contribution is -0.122. The molecule has 0 unspecified atom stereocenters. The van der Waals surface area contributed by atoms with E-state index in [0.29, 0.717) is 29.7 Å². The van der Waals surface area contributed by atoms with Crippen molar-refractivity contribution in [2.24, 2.45) is 0 Å². The Hall–Kier alpha value is -3.68. The number of fused-ring (bicyclic) bond motifs is 1. The molecule has 0 atom stereocenters. The SMILES string of the molecule is CCCCNC(=O)Cn1c(=O)n(-c2ccc(CC(=O)NCCC)cc2)c(=O)c2ccccc21. The second kappa shape index (κ2) is 11.3. The predicted molar refractivity (Wildman–Crippen MR) is 129 cm³/mol. The molecule has 0 radical (unpaired) electrons. The minimum Gasteiger partial charge on any atom is -0.356 e. The van der Waals surface area contributed by atoms with E-state index in [9.17, 15) is 19.2 Å². The van der Waals surface area contributed by atoms with E-state index in [1.807, 2.05) is 13.8 Å². The van der Waals surface area contributed by atoms with Crippen molar-refractivity contribution in [3.05, 3.63) is 74.9 Å². The zero-order chi connectivity index (χ0) is 23.8. The van der Waals surface area contributed by atoms with E-state index in [1.165, 1.54) is 4.57 Å². The lowest BCUT2D eigenvalue weighted by Crippen LogP contribution is -2.42. The molecule has 2 N–H and O–H groups in total. The molecule has 0 saturated carbocycles. The molecule has 3 rings (SSSR count). The molecule has 0 aliphatic carbocycles. The van der Waals surface area contributed by atoms with Crippen LogP contribution in [0.5, 0.6) is 0 Å². The summed E-state index contributed by atoms with van der Waals surface area (Å²) in [6.07, 6.45) is 2.88. The first-order valence-electron chi connectivity index (χ1n) is 11.3. The van der Waals surface area contributed by atoms with E-state index < -0.39 is 11.2 Å². The highest BCUT2D eigenvalue weighted by Crippen LogP contribution is 2.12. The topological polar surface area (TPSA) is 102 Å². The zero-order valence-corrected chi connectivity index (χ0v) is 19.1. The molecule has 1 aromatic heterocycles. The van der Waals surface area contributed by atoms with Crippen LogP contribution in [0.3, 0.4) is 0 Å². The predicted octanol–water partition coefficient (Wildman–Crippen LogP) is 2.14. The Labute approximate surface area is 192 Å². The van der Waals surface area contributed by atoms with E-state index in [2.05, 4.69) is 10.6 Å². The Morgan fingerprint density at radius 1 is 0.848 bits per heavy atom. The molecule has 2 aromatic carbocycles. The number of para-hydroxylation sites is 1. The molecular weight excluding hydrogens is 420 g/mol. The summed E-state index contributed by atoms with van der Waals surface area (Å²) in [5, 5.41) is 5.99. The third-order valence-electron chi connectivity index (χ3n) is 5.34. The first-order chi connectivity index (χ1) is 16.0. The summed E-state index contributed by atoms with van der Waals surface area (Å²) >= 11 is 0. The maximum atomic E-state index is 13.3. The van der Waals surface area contributed by atoms with Gasteiger partial charge in [0.05, 0.1) is 23.0 Å². The molecule has 2 amide bonds. The van der Waals surface area contributed by atoms with Gasteiger partial charge in [-0.05, 0) is 42.7 Å². The fraction of sp³-hybridized carbons (Fsp3) is 0.360. The third kappa shape index (κ3) is 5.77. The Balaban J connectivity index is 1.98. The molecule has 3 aromatic rings. The van der Waals surface area contributed by atoms with Gasteiger partial charge in [0.2, 0.25) is 11.8 Å². The maximum Gasteiger partial charge on any atom is 0.336 e. The van der Waals surface area contributed by atoms with Crippen LogP contribution in [0, 0.1) is 0 Å². The molecule has 0 bridgehead atoms. The van der Waals surface area contributed by atoms with Crippen molar-refractivity contribution in [1.82, 2.24) is 19.8 Å². The molecule has 0 aliphatic heterocycles. The molecule has 33 heavy (non-hydrogen) atoms. The number of aromatic nitrogens is 2. The fourth-order valence-electron chi connectivity index (χ4n) is 3.58. The van der Waals surface area contributed by atoms with E-state index in [-0.39, 0.29) is 24.8 Å². The molecular formula is C25H30N4O4. The highest BCUT2D eigenvalue weighted by molar-refractivity contribution is 5.82. The molecule has 0 saturated heterocycles. The molecule has 8 nitrogen and oxygen atoms in total. The smallest absolute Gasteiger partial charge is 0.336 e. The van der Waals surface area contributed by atoms with Crippen molar-refractivity contribution in [2.75, 3.05) is 13.1 Å². The number of unbranched alkanes of at least 4 members (excludes halogenated alkanes) is 1. The van der Waals surface area contributed by atoms with Gasteiger partial charge in [-0.3, -0.25) is 19.0 Å². The second-order valence-electron chi connectivity index (χ2n) is 7.92. The molecule has 1 heterocycles. The summed E-state index contributed by atoms with van der Waals surface area (Å²) in [5.41, 5.74) is 0.536. The van der Waals surface area contributed by atoms with Crippen LogP contribution < -0.4 is 21.9 Å². The number of carbonyl (C=O) groups is 2. The number of carbonyl (C=O) groups excluding carboxylic acids is 2. The lowest BCUT2D eigenvalue weighted by atomic mass is 10.1. The van der Waals surface area contributed by atoms with E-state index in [4.69, 9.17) is 0 Å². The number of hydrogen-bond acceptors (Lipinski definition) is 4. The van der Waals surface area contributed by atoms with E-state index >= 15 is 0 Å². The zero-order valence-electron chi connectivity index (χ0n) is 19.1. The Bertz CT molecular complexity index is 1240. The van der Waals surface area contributed by atoms with Crippen LogP contribution in [0.1, 0.15) is 38.7 Å². The highest BCUT2D eigenvalue weighted by Gasteiger charge is 2.16. The average molecular weight is 451 g/mol. The van der Waals surface area contributed by atoms with Gasteiger partial charge in [0.1, 0.15) is 6.54 Å². The van der Waals surface area contributed by atoms with Gasteiger partial charge in [0.15, 0.2) is 0 Å². The van der Waals surface area contributed by atoms with Crippen LogP contribution in [-0.4, -0.2) is 34.0 Å². The molecule has 0 fully saturated rings. The summed E-state index contributed by atoms with van der Waals surface area (Å²) in [4.78, 5) is 50.9. The van der Waals surface area contributed by atoms with Crippen molar-refractivity contribution < 1.29 is 9.59 Å². The number of hydrogen-bond donors (Lipinski definition) is 2. The average Bonchev–Trinajstić information content (AvgIpc) is 2.82. The number of benzene rings is 2. The third-order valence-corrected chi connectivity index (χ3v) is 5.34. The number of rotatable bonds is 10. The Kier molecular flexibility index (Phi) is 8.18. The first kappa shape index (κ1) is 24.0. The first-order valence-corrected chi connectivity index (χ1v) is 11.3. The van der Waals surface area contributed by atoms with Crippen molar-refractivity contribution >= 4 is 22.7 Å². The second-order valence-corrected chi connectivity index (χ2v) is 7.92. The van der Waals surface area contributed by atoms with Crippen LogP contribution in [0.15, 0.2) is 58.1 Å². The fourth-order valence-corrected chi connectivity index (χ4v) is 3.58. The van der Waals surface area contributed by atoms with Gasteiger partial charge < -0.3 is 10.6 Å². The Morgan fingerprint density at radius 2 is 1.55 bits per heavy atom. The van der Waals surface area contributed by atoms with Crippen molar-refractivity contribution in [1.29, 1.82) is 0 Å². The quantitative estimate of drug-likeness (QED) is 0.462. The van der Waals surface area contributed by atoms with Crippen molar-refractivity contribution in [2.45, 2.75) is 46.1 Å². The van der Waals surface area contributed by atoms with Gasteiger partial charge in [-0.15, -0.1) is 0 Å². The maximum absolute atomic E-state index is 13.3. The van der Waals surface area contributed by atoms with Gasteiger partial charge in [-0.1, -0.05) is 44.5 Å². The minimum absolute atomic E-state index is 0.0797. The molecule has 8 heteroatoms. The van der Waals surface area contributed by atoms with Crippen LogP contribution in [-0.2, 0) is 22.6 Å². The summed E-state index contributed by atoms with van der Waals surface area (Å²) in [7, 11) is 0. The Morgan fingerprint density at radius 3 is 2.24 bits per heavy atom.